The zero-order valence-electron chi connectivity index (χ0n) is 15.9. The molecule has 0 unspecified atom stereocenters. The zero-order valence-corrected chi connectivity index (χ0v) is 15.9. The van der Waals surface area contributed by atoms with Crippen molar-refractivity contribution in [2.75, 3.05) is 26.1 Å². The summed E-state index contributed by atoms with van der Waals surface area (Å²) in [7, 11) is 3.09. The zero-order chi connectivity index (χ0) is 19.8. The Bertz CT molecular complexity index is 835. The van der Waals surface area contributed by atoms with Crippen molar-refractivity contribution in [3.8, 4) is 11.5 Å². The minimum atomic E-state index is -0.618. The third kappa shape index (κ3) is 6.18. The van der Waals surface area contributed by atoms with Crippen molar-refractivity contribution in [3.05, 3.63) is 59.2 Å². The van der Waals surface area contributed by atoms with E-state index >= 15 is 0 Å². The lowest BCUT2D eigenvalue weighted by Gasteiger charge is -2.08. The van der Waals surface area contributed by atoms with E-state index in [-0.39, 0.29) is 6.61 Å². The van der Waals surface area contributed by atoms with Gasteiger partial charge in [-0.05, 0) is 60.9 Å². The topological polar surface area (TPSA) is 73.9 Å². The van der Waals surface area contributed by atoms with Crippen LogP contribution in [0, 0.1) is 13.8 Å². The predicted molar refractivity (Wildman–Crippen MR) is 104 cm³/mol. The molecule has 0 aromatic heterocycles. The summed E-state index contributed by atoms with van der Waals surface area (Å²) >= 11 is 0. The van der Waals surface area contributed by atoms with Crippen molar-refractivity contribution < 1.29 is 23.8 Å². The van der Waals surface area contributed by atoms with Gasteiger partial charge >= 0.3 is 5.97 Å². The SMILES string of the molecule is COc1cc(/C=C/C(=O)OCC(=O)Nc2ccc(C)c(C)c2)cc(OC)c1. The number of nitrogens with one attached hydrogen (secondary N) is 1. The maximum absolute atomic E-state index is 11.9. The summed E-state index contributed by atoms with van der Waals surface area (Å²) in [5.74, 6) is 0.195. The van der Waals surface area contributed by atoms with E-state index in [1.807, 2.05) is 26.0 Å². The number of rotatable bonds is 7. The lowest BCUT2D eigenvalue weighted by molar-refractivity contribution is -0.142. The second-order valence-electron chi connectivity index (χ2n) is 5.93. The number of anilines is 1. The summed E-state index contributed by atoms with van der Waals surface area (Å²) in [6, 6.07) is 10.8. The third-order valence-corrected chi connectivity index (χ3v) is 3.92. The van der Waals surface area contributed by atoms with Gasteiger partial charge in [-0.2, -0.15) is 0 Å². The fourth-order valence-corrected chi connectivity index (χ4v) is 2.29. The molecule has 0 bridgehead atoms. The maximum atomic E-state index is 11.9. The molecular formula is C21H23NO5. The fourth-order valence-electron chi connectivity index (χ4n) is 2.29. The van der Waals surface area contributed by atoms with Gasteiger partial charge in [0.2, 0.25) is 0 Å². The first-order chi connectivity index (χ1) is 12.9. The monoisotopic (exact) mass is 369 g/mol. The quantitative estimate of drug-likeness (QED) is 0.597. The molecule has 0 fully saturated rings. The van der Waals surface area contributed by atoms with Crippen molar-refractivity contribution in [3.63, 3.8) is 0 Å². The first-order valence-electron chi connectivity index (χ1n) is 8.36. The van der Waals surface area contributed by atoms with E-state index in [2.05, 4.69) is 5.32 Å². The largest absolute Gasteiger partial charge is 0.497 e. The van der Waals surface area contributed by atoms with Crippen LogP contribution in [0.25, 0.3) is 6.08 Å². The minimum absolute atomic E-state index is 0.364. The van der Waals surface area contributed by atoms with Crippen LogP contribution in [0.2, 0.25) is 0 Å². The van der Waals surface area contributed by atoms with Crippen molar-refractivity contribution in [2.45, 2.75) is 13.8 Å². The van der Waals surface area contributed by atoms with Crippen LogP contribution in [0.1, 0.15) is 16.7 Å². The number of amides is 1. The molecule has 6 nitrogen and oxygen atoms in total. The Labute approximate surface area is 158 Å². The number of benzene rings is 2. The van der Waals surface area contributed by atoms with Crippen LogP contribution in [0.3, 0.4) is 0 Å². The highest BCUT2D eigenvalue weighted by atomic mass is 16.5. The summed E-state index contributed by atoms with van der Waals surface area (Å²) in [5, 5.41) is 2.70. The number of esters is 1. The molecule has 2 aromatic carbocycles. The Hall–Kier alpha value is -3.28. The van der Waals surface area contributed by atoms with Gasteiger partial charge in [0.25, 0.3) is 5.91 Å². The minimum Gasteiger partial charge on any atom is -0.497 e. The van der Waals surface area contributed by atoms with Gasteiger partial charge in [0.05, 0.1) is 14.2 Å². The highest BCUT2D eigenvalue weighted by Gasteiger charge is 2.07. The molecule has 0 heterocycles. The van der Waals surface area contributed by atoms with Gasteiger partial charge in [-0.1, -0.05) is 6.07 Å². The van der Waals surface area contributed by atoms with Crippen LogP contribution in [0.4, 0.5) is 5.69 Å². The van der Waals surface area contributed by atoms with Gasteiger partial charge in [0, 0.05) is 17.8 Å². The van der Waals surface area contributed by atoms with E-state index in [9.17, 15) is 9.59 Å². The van der Waals surface area contributed by atoms with Crippen molar-refractivity contribution in [2.24, 2.45) is 0 Å². The summed E-state index contributed by atoms with van der Waals surface area (Å²) in [5.41, 5.74) is 3.58. The average molecular weight is 369 g/mol. The molecule has 0 saturated heterocycles. The molecule has 2 rings (SSSR count). The van der Waals surface area contributed by atoms with Gasteiger partial charge in [0.15, 0.2) is 6.61 Å². The number of aryl methyl sites for hydroxylation is 2. The molecule has 0 spiro atoms. The number of methoxy groups -OCH3 is 2. The summed E-state index contributed by atoms with van der Waals surface area (Å²) in [6.45, 7) is 3.59. The summed E-state index contributed by atoms with van der Waals surface area (Å²) in [6.07, 6.45) is 2.81. The van der Waals surface area contributed by atoms with Gasteiger partial charge in [0.1, 0.15) is 11.5 Å². The Kier molecular flexibility index (Phi) is 7.00. The maximum Gasteiger partial charge on any atom is 0.331 e. The molecule has 142 valence electrons. The molecule has 27 heavy (non-hydrogen) atoms. The summed E-state index contributed by atoms with van der Waals surface area (Å²) in [4.78, 5) is 23.7. The molecule has 1 amide bonds. The van der Waals surface area contributed by atoms with Gasteiger partial charge in [-0.15, -0.1) is 0 Å². The van der Waals surface area contributed by atoms with E-state index in [0.29, 0.717) is 22.7 Å². The van der Waals surface area contributed by atoms with Gasteiger partial charge in [-0.3, -0.25) is 4.79 Å². The van der Waals surface area contributed by atoms with Crippen molar-refractivity contribution >= 4 is 23.6 Å². The first kappa shape index (κ1) is 20.0. The van der Waals surface area contributed by atoms with Crippen LogP contribution in [-0.4, -0.2) is 32.7 Å². The average Bonchev–Trinajstić information content (AvgIpc) is 2.67. The molecule has 0 aliphatic carbocycles. The molecule has 2 aromatic rings. The fraction of sp³-hybridized carbons (Fsp3) is 0.238. The van der Waals surface area contributed by atoms with Crippen LogP contribution in [-0.2, 0) is 14.3 Å². The normalized spacial score (nSPS) is 10.5. The predicted octanol–water partition coefficient (Wildman–Crippen LogP) is 3.52. The molecule has 0 radical (unpaired) electrons. The van der Waals surface area contributed by atoms with Crippen molar-refractivity contribution in [1.29, 1.82) is 0 Å². The molecule has 0 atom stereocenters. The molecular weight excluding hydrogens is 346 g/mol. The molecule has 6 heteroatoms. The second kappa shape index (κ2) is 9.43. The van der Waals surface area contributed by atoms with E-state index in [1.54, 1.807) is 44.6 Å². The Morgan fingerprint density at radius 2 is 1.63 bits per heavy atom. The molecule has 1 N–H and O–H groups in total. The lowest BCUT2D eigenvalue weighted by atomic mass is 10.1. The second-order valence-corrected chi connectivity index (χ2v) is 5.93. The van der Waals surface area contributed by atoms with Crippen LogP contribution < -0.4 is 14.8 Å². The Morgan fingerprint density at radius 1 is 0.963 bits per heavy atom. The standard InChI is InChI=1S/C21H23NO5/c1-14-5-7-17(9-15(14)2)22-20(23)13-27-21(24)8-6-16-10-18(25-3)12-19(11-16)26-4/h5-12H,13H2,1-4H3,(H,22,23)/b8-6+. The lowest BCUT2D eigenvalue weighted by Crippen LogP contribution is -2.20. The highest BCUT2D eigenvalue weighted by molar-refractivity contribution is 5.94. The molecule has 0 saturated carbocycles. The van der Waals surface area contributed by atoms with Gasteiger partial charge < -0.3 is 19.5 Å². The number of hydrogen-bond acceptors (Lipinski definition) is 5. The van der Waals surface area contributed by atoms with Crippen LogP contribution in [0.5, 0.6) is 11.5 Å². The number of carbonyl (C=O) groups is 2. The third-order valence-electron chi connectivity index (χ3n) is 3.92. The van der Waals surface area contributed by atoms with E-state index in [0.717, 1.165) is 11.1 Å². The van der Waals surface area contributed by atoms with Gasteiger partial charge in [-0.25, -0.2) is 4.79 Å². The van der Waals surface area contributed by atoms with E-state index in [1.165, 1.54) is 6.08 Å². The highest BCUT2D eigenvalue weighted by Crippen LogP contribution is 2.23. The Morgan fingerprint density at radius 3 is 2.22 bits per heavy atom. The Balaban J connectivity index is 1.89. The number of carbonyl (C=O) groups excluding carboxylic acids is 2. The number of hydrogen-bond donors (Lipinski definition) is 1. The van der Waals surface area contributed by atoms with Crippen molar-refractivity contribution in [1.82, 2.24) is 0 Å². The molecule has 0 aliphatic rings. The summed E-state index contributed by atoms with van der Waals surface area (Å²) < 4.78 is 15.3. The molecule has 0 aliphatic heterocycles. The number of ether oxygens (including phenoxy) is 3. The van der Waals surface area contributed by atoms with E-state index in [4.69, 9.17) is 14.2 Å². The first-order valence-corrected chi connectivity index (χ1v) is 8.36. The van der Waals surface area contributed by atoms with Crippen LogP contribution >= 0.6 is 0 Å². The van der Waals surface area contributed by atoms with Crippen LogP contribution in [0.15, 0.2) is 42.5 Å². The van der Waals surface area contributed by atoms with E-state index < -0.39 is 11.9 Å². The smallest absolute Gasteiger partial charge is 0.331 e.